The Hall–Kier alpha value is -2.80. The Labute approximate surface area is 167 Å². The first-order valence-corrected chi connectivity index (χ1v) is 9.37. The monoisotopic (exact) mass is 385 g/mol. The molecule has 0 saturated heterocycles. The van der Waals surface area contributed by atoms with Crippen molar-refractivity contribution in [3.63, 3.8) is 0 Å². The average molecular weight is 386 g/mol. The van der Waals surface area contributed by atoms with Gasteiger partial charge in [0.1, 0.15) is 5.76 Å². The van der Waals surface area contributed by atoms with E-state index in [0.717, 1.165) is 23.7 Å². The summed E-state index contributed by atoms with van der Waals surface area (Å²) in [5.74, 6) is 1.66. The largest absolute Gasteiger partial charge is 0.468 e. The van der Waals surface area contributed by atoms with Crippen LogP contribution < -0.4 is 10.6 Å². The van der Waals surface area contributed by atoms with Gasteiger partial charge < -0.3 is 20.0 Å². The first-order valence-electron chi connectivity index (χ1n) is 9.37. The van der Waals surface area contributed by atoms with E-state index in [1.54, 1.807) is 32.3 Å². The average Bonchev–Trinajstić information content (AvgIpc) is 3.20. The molecule has 0 aliphatic carbocycles. The molecule has 152 valence electrons. The van der Waals surface area contributed by atoms with Crippen LogP contribution in [0, 0.1) is 0 Å². The fourth-order valence-electron chi connectivity index (χ4n) is 2.88. The maximum absolute atomic E-state index is 12.1. The lowest BCUT2D eigenvalue weighted by molar-refractivity contribution is 0.0827. The lowest BCUT2D eigenvalue weighted by atomic mass is 10.1. The van der Waals surface area contributed by atoms with Crippen LogP contribution in [0.15, 0.2) is 52.1 Å². The van der Waals surface area contributed by atoms with Gasteiger partial charge in [0, 0.05) is 39.8 Å². The minimum Gasteiger partial charge on any atom is -0.468 e. The lowest BCUT2D eigenvalue weighted by Crippen LogP contribution is -2.42. The number of hydrogen-bond donors (Lipinski definition) is 2. The zero-order chi connectivity index (χ0) is 20.5. The van der Waals surface area contributed by atoms with Crippen LogP contribution in [0.3, 0.4) is 0 Å². The molecule has 2 N–H and O–H groups in total. The summed E-state index contributed by atoms with van der Waals surface area (Å²) in [7, 11) is 9.31. The number of guanidine groups is 1. The van der Waals surface area contributed by atoms with E-state index in [2.05, 4.69) is 20.5 Å². The third-order valence-electron chi connectivity index (χ3n) is 4.47. The number of aliphatic imine (C=N–C) groups is 1. The molecule has 0 aliphatic heterocycles. The molecule has 0 spiro atoms. The van der Waals surface area contributed by atoms with Gasteiger partial charge in [0.15, 0.2) is 5.96 Å². The van der Waals surface area contributed by atoms with Crippen LogP contribution in [0.5, 0.6) is 0 Å². The van der Waals surface area contributed by atoms with E-state index in [1.165, 1.54) is 0 Å². The van der Waals surface area contributed by atoms with Gasteiger partial charge in [0.25, 0.3) is 5.91 Å². The molecule has 7 nitrogen and oxygen atoms in total. The minimum absolute atomic E-state index is 0.0138. The highest BCUT2D eigenvalue weighted by Gasteiger charge is 2.17. The van der Waals surface area contributed by atoms with Crippen LogP contribution in [-0.2, 0) is 6.42 Å². The summed E-state index contributed by atoms with van der Waals surface area (Å²) in [5.41, 5.74) is 1.81. The highest BCUT2D eigenvalue weighted by molar-refractivity contribution is 5.94. The first kappa shape index (κ1) is 21.5. The van der Waals surface area contributed by atoms with E-state index < -0.39 is 0 Å². The summed E-state index contributed by atoms with van der Waals surface area (Å²) in [6.07, 6.45) is 2.48. The zero-order valence-corrected chi connectivity index (χ0v) is 17.4. The van der Waals surface area contributed by atoms with Gasteiger partial charge >= 0.3 is 0 Å². The van der Waals surface area contributed by atoms with Gasteiger partial charge in [-0.1, -0.05) is 12.1 Å². The van der Waals surface area contributed by atoms with Crippen LogP contribution in [0.4, 0.5) is 0 Å². The van der Waals surface area contributed by atoms with Crippen molar-refractivity contribution in [3.05, 3.63) is 59.5 Å². The molecule has 7 heteroatoms. The molecule has 1 amide bonds. The number of nitrogens with zero attached hydrogens (tertiary/aromatic N) is 3. The number of rotatable bonds is 8. The summed E-state index contributed by atoms with van der Waals surface area (Å²) in [5, 5.41) is 6.67. The molecule has 2 aromatic rings. The highest BCUT2D eigenvalue weighted by Crippen LogP contribution is 2.17. The molecule has 1 aromatic heterocycles. The van der Waals surface area contributed by atoms with Crippen LogP contribution in [-0.4, -0.2) is 70.0 Å². The fraction of sp³-hybridized carbons (Fsp3) is 0.429. The number of hydrogen-bond acceptors (Lipinski definition) is 4. The Bertz CT molecular complexity index is 769. The smallest absolute Gasteiger partial charge is 0.253 e. The van der Waals surface area contributed by atoms with Crippen molar-refractivity contribution in [1.29, 1.82) is 0 Å². The number of carbonyl (C=O) groups is 1. The highest BCUT2D eigenvalue weighted by atomic mass is 16.3. The van der Waals surface area contributed by atoms with Gasteiger partial charge in [-0.05, 0) is 50.3 Å². The van der Waals surface area contributed by atoms with Crippen LogP contribution >= 0.6 is 0 Å². The summed E-state index contributed by atoms with van der Waals surface area (Å²) >= 11 is 0. The van der Waals surface area contributed by atoms with Crippen molar-refractivity contribution in [1.82, 2.24) is 20.4 Å². The number of carbonyl (C=O) groups excluding carboxylic acids is 1. The molecule has 1 unspecified atom stereocenters. The Kier molecular flexibility index (Phi) is 8.07. The van der Waals surface area contributed by atoms with Crippen molar-refractivity contribution >= 4 is 11.9 Å². The van der Waals surface area contributed by atoms with Crippen molar-refractivity contribution in [2.75, 3.05) is 48.3 Å². The second-order valence-corrected chi connectivity index (χ2v) is 7.02. The summed E-state index contributed by atoms with van der Waals surface area (Å²) in [6, 6.07) is 11.7. The molecule has 0 fully saturated rings. The quantitative estimate of drug-likeness (QED) is 0.537. The van der Waals surface area contributed by atoms with Crippen LogP contribution in [0.1, 0.15) is 27.7 Å². The zero-order valence-electron chi connectivity index (χ0n) is 17.4. The molecule has 1 aromatic carbocycles. The third-order valence-corrected chi connectivity index (χ3v) is 4.47. The number of amides is 1. The molecule has 28 heavy (non-hydrogen) atoms. The molecule has 1 atom stereocenters. The summed E-state index contributed by atoms with van der Waals surface area (Å²) in [6.45, 7) is 1.39. The number of nitrogens with one attached hydrogen (secondary N) is 2. The maximum Gasteiger partial charge on any atom is 0.253 e. The van der Waals surface area contributed by atoms with E-state index in [0.29, 0.717) is 18.7 Å². The number of benzene rings is 1. The fourth-order valence-corrected chi connectivity index (χ4v) is 2.88. The van der Waals surface area contributed by atoms with Gasteiger partial charge in [-0.15, -0.1) is 0 Å². The molecular formula is C21H31N5O2. The van der Waals surface area contributed by atoms with E-state index in [4.69, 9.17) is 4.42 Å². The second-order valence-electron chi connectivity index (χ2n) is 7.02. The SMILES string of the molecule is CN=C(NCCc1cccc(C(=O)N(C)C)c1)NCC(c1ccco1)N(C)C. The molecule has 0 aliphatic rings. The van der Waals surface area contributed by atoms with Gasteiger partial charge in [-0.2, -0.15) is 0 Å². The molecule has 2 rings (SSSR count). The molecule has 0 saturated carbocycles. The minimum atomic E-state index is 0.0138. The predicted octanol–water partition coefficient (Wildman–Crippen LogP) is 1.99. The van der Waals surface area contributed by atoms with E-state index in [1.807, 2.05) is 50.5 Å². The Morgan fingerprint density at radius 1 is 1.14 bits per heavy atom. The predicted molar refractivity (Wildman–Crippen MR) is 113 cm³/mol. The first-order chi connectivity index (χ1) is 13.4. The standard InChI is InChI=1S/C21H31N5O2/c1-22-21(24-15-18(25(2)3)19-10-7-13-28-19)23-12-11-16-8-6-9-17(14-16)20(27)26(4)5/h6-10,13-14,18H,11-12,15H2,1-5H3,(H2,22,23,24). The number of likely N-dealkylation sites (N-methyl/N-ethyl adjacent to an activating group) is 1. The van der Waals surface area contributed by atoms with Gasteiger partial charge in [0.2, 0.25) is 0 Å². The van der Waals surface area contributed by atoms with E-state index in [9.17, 15) is 4.79 Å². The normalized spacial score (nSPS) is 12.7. The lowest BCUT2D eigenvalue weighted by Gasteiger charge is -2.23. The third kappa shape index (κ3) is 6.13. The Morgan fingerprint density at radius 3 is 2.54 bits per heavy atom. The van der Waals surface area contributed by atoms with Crippen LogP contribution in [0.2, 0.25) is 0 Å². The van der Waals surface area contributed by atoms with Crippen molar-refractivity contribution in [2.24, 2.45) is 4.99 Å². The van der Waals surface area contributed by atoms with Gasteiger partial charge in [-0.25, -0.2) is 0 Å². The Morgan fingerprint density at radius 2 is 1.93 bits per heavy atom. The van der Waals surface area contributed by atoms with Gasteiger partial charge in [0.05, 0.1) is 12.3 Å². The number of furan rings is 1. The molecule has 0 radical (unpaired) electrons. The molecule has 1 heterocycles. The van der Waals surface area contributed by atoms with Crippen molar-refractivity contribution in [3.8, 4) is 0 Å². The molecular weight excluding hydrogens is 354 g/mol. The molecule has 0 bridgehead atoms. The maximum atomic E-state index is 12.1. The van der Waals surface area contributed by atoms with E-state index in [-0.39, 0.29) is 11.9 Å². The summed E-state index contributed by atoms with van der Waals surface area (Å²) in [4.78, 5) is 20.1. The van der Waals surface area contributed by atoms with E-state index >= 15 is 0 Å². The van der Waals surface area contributed by atoms with Gasteiger partial charge in [-0.3, -0.25) is 14.7 Å². The van der Waals surface area contributed by atoms with Crippen LogP contribution in [0.25, 0.3) is 0 Å². The van der Waals surface area contributed by atoms with Crippen molar-refractivity contribution < 1.29 is 9.21 Å². The van der Waals surface area contributed by atoms with Crippen molar-refractivity contribution in [2.45, 2.75) is 12.5 Å². The second kappa shape index (κ2) is 10.5. The topological polar surface area (TPSA) is 73.1 Å². The Balaban J connectivity index is 1.86. The summed E-state index contributed by atoms with van der Waals surface area (Å²) < 4.78 is 5.54.